The Morgan fingerprint density at radius 2 is 2.21 bits per heavy atom. The molecule has 100 valence electrons. The number of hydrogen-bond donors (Lipinski definition) is 1. The zero-order chi connectivity index (χ0) is 13.7. The summed E-state index contributed by atoms with van der Waals surface area (Å²) in [5.74, 6) is -0.395. The first-order valence-corrected chi connectivity index (χ1v) is 6.52. The molecule has 0 aliphatic carbocycles. The molecule has 0 aliphatic heterocycles. The predicted octanol–water partition coefficient (Wildman–Crippen LogP) is 3.16. The molecule has 1 unspecified atom stereocenters. The third-order valence-corrected chi connectivity index (χ3v) is 3.27. The Morgan fingerprint density at radius 3 is 2.89 bits per heavy atom. The van der Waals surface area contributed by atoms with Crippen LogP contribution in [0.3, 0.4) is 0 Å². The number of nitrogens with zero attached hydrogens (tertiary/aromatic N) is 2. The maximum absolute atomic E-state index is 13.4. The molecule has 1 aromatic heterocycles. The first-order valence-electron chi connectivity index (χ1n) is 6.14. The topological polar surface area (TPSA) is 37.8 Å². The van der Waals surface area contributed by atoms with E-state index < -0.39 is 5.82 Å². The van der Waals surface area contributed by atoms with Crippen LogP contribution in [0.5, 0.6) is 0 Å². The SMILES string of the molecule is CCNC(Cc1cccc(F)c1Cl)c1cnccn1. The third kappa shape index (κ3) is 3.49. The molecule has 1 heterocycles. The smallest absolute Gasteiger partial charge is 0.142 e. The van der Waals surface area contributed by atoms with Gasteiger partial charge in [0.1, 0.15) is 5.82 Å². The molecule has 0 aliphatic rings. The van der Waals surface area contributed by atoms with E-state index in [1.807, 2.05) is 13.0 Å². The van der Waals surface area contributed by atoms with Crippen LogP contribution in [0.15, 0.2) is 36.8 Å². The van der Waals surface area contributed by atoms with Gasteiger partial charge in [-0.2, -0.15) is 0 Å². The summed E-state index contributed by atoms with van der Waals surface area (Å²) in [6.07, 6.45) is 5.55. The highest BCUT2D eigenvalue weighted by atomic mass is 35.5. The molecule has 0 amide bonds. The van der Waals surface area contributed by atoms with Gasteiger partial charge in [-0.1, -0.05) is 30.7 Å². The van der Waals surface area contributed by atoms with Gasteiger partial charge < -0.3 is 5.32 Å². The van der Waals surface area contributed by atoms with Gasteiger partial charge in [0, 0.05) is 18.6 Å². The fourth-order valence-corrected chi connectivity index (χ4v) is 2.15. The Labute approximate surface area is 116 Å². The number of benzene rings is 1. The van der Waals surface area contributed by atoms with Gasteiger partial charge in [0.05, 0.1) is 16.8 Å². The number of aromatic nitrogens is 2. The maximum atomic E-state index is 13.4. The van der Waals surface area contributed by atoms with E-state index in [4.69, 9.17) is 11.6 Å². The molecule has 2 aromatic rings. The standard InChI is InChI=1S/C14H15ClFN3/c1-2-18-12(13-9-17-6-7-19-13)8-10-4-3-5-11(16)14(10)15/h3-7,9,12,18H,2,8H2,1H3. The summed E-state index contributed by atoms with van der Waals surface area (Å²) >= 11 is 5.99. The Morgan fingerprint density at radius 1 is 1.37 bits per heavy atom. The van der Waals surface area contributed by atoms with Gasteiger partial charge >= 0.3 is 0 Å². The van der Waals surface area contributed by atoms with E-state index >= 15 is 0 Å². The van der Waals surface area contributed by atoms with Crippen LogP contribution in [0.25, 0.3) is 0 Å². The average Bonchev–Trinajstić information content (AvgIpc) is 2.44. The van der Waals surface area contributed by atoms with Crippen LogP contribution >= 0.6 is 11.6 Å². The third-order valence-electron chi connectivity index (χ3n) is 2.85. The van der Waals surface area contributed by atoms with E-state index in [0.29, 0.717) is 6.42 Å². The lowest BCUT2D eigenvalue weighted by atomic mass is 10.0. The number of halogens is 2. The fraction of sp³-hybridized carbons (Fsp3) is 0.286. The molecule has 0 bridgehead atoms. The van der Waals surface area contributed by atoms with Crippen LogP contribution in [0, 0.1) is 5.82 Å². The molecule has 3 nitrogen and oxygen atoms in total. The first kappa shape index (κ1) is 13.9. The minimum atomic E-state index is -0.395. The molecule has 0 saturated carbocycles. The van der Waals surface area contributed by atoms with Crippen molar-refractivity contribution >= 4 is 11.6 Å². The van der Waals surface area contributed by atoms with Crippen molar-refractivity contribution in [3.63, 3.8) is 0 Å². The maximum Gasteiger partial charge on any atom is 0.142 e. The Balaban J connectivity index is 2.24. The Kier molecular flexibility index (Phi) is 4.82. The monoisotopic (exact) mass is 279 g/mol. The normalized spacial score (nSPS) is 12.4. The second kappa shape index (κ2) is 6.59. The highest BCUT2D eigenvalue weighted by molar-refractivity contribution is 6.31. The van der Waals surface area contributed by atoms with Gasteiger partial charge in [-0.3, -0.25) is 9.97 Å². The van der Waals surface area contributed by atoms with Gasteiger partial charge in [0.2, 0.25) is 0 Å². The lowest BCUT2D eigenvalue weighted by Crippen LogP contribution is -2.24. The van der Waals surface area contributed by atoms with Crippen molar-refractivity contribution in [1.82, 2.24) is 15.3 Å². The largest absolute Gasteiger partial charge is 0.309 e. The lowest BCUT2D eigenvalue weighted by Gasteiger charge is -2.17. The molecular formula is C14H15ClFN3. The van der Waals surface area contributed by atoms with E-state index in [1.165, 1.54) is 6.07 Å². The number of hydrogen-bond acceptors (Lipinski definition) is 3. The van der Waals surface area contributed by atoms with Crippen molar-refractivity contribution in [3.8, 4) is 0 Å². The van der Waals surface area contributed by atoms with E-state index in [1.54, 1.807) is 24.7 Å². The van der Waals surface area contributed by atoms with Gasteiger partial charge in [-0.05, 0) is 24.6 Å². The molecule has 0 fully saturated rings. The molecule has 0 radical (unpaired) electrons. The number of likely N-dealkylation sites (N-methyl/N-ethyl adjacent to an activating group) is 1. The second-order valence-corrected chi connectivity index (χ2v) is 4.54. The van der Waals surface area contributed by atoms with Gasteiger partial charge in [-0.15, -0.1) is 0 Å². The first-order chi connectivity index (χ1) is 9.22. The summed E-state index contributed by atoms with van der Waals surface area (Å²) in [6, 6.07) is 4.82. The number of rotatable bonds is 5. The summed E-state index contributed by atoms with van der Waals surface area (Å²) in [4.78, 5) is 8.34. The van der Waals surface area contributed by atoms with E-state index in [0.717, 1.165) is 17.8 Å². The van der Waals surface area contributed by atoms with E-state index in [2.05, 4.69) is 15.3 Å². The second-order valence-electron chi connectivity index (χ2n) is 4.16. The van der Waals surface area contributed by atoms with Crippen LogP contribution in [-0.2, 0) is 6.42 Å². The highest BCUT2D eigenvalue weighted by Gasteiger charge is 2.15. The summed E-state index contributed by atoms with van der Waals surface area (Å²) in [5, 5.41) is 3.49. The highest BCUT2D eigenvalue weighted by Crippen LogP contribution is 2.24. The van der Waals surface area contributed by atoms with Crippen molar-refractivity contribution in [2.75, 3.05) is 6.54 Å². The van der Waals surface area contributed by atoms with Crippen molar-refractivity contribution in [2.45, 2.75) is 19.4 Å². The average molecular weight is 280 g/mol. The molecule has 5 heteroatoms. The molecule has 2 rings (SSSR count). The molecule has 0 spiro atoms. The Bertz CT molecular complexity index is 533. The van der Waals surface area contributed by atoms with E-state index in [9.17, 15) is 4.39 Å². The van der Waals surface area contributed by atoms with Crippen LogP contribution in [-0.4, -0.2) is 16.5 Å². The van der Waals surface area contributed by atoms with Crippen LogP contribution in [0.1, 0.15) is 24.2 Å². The van der Waals surface area contributed by atoms with Crippen molar-refractivity contribution in [2.24, 2.45) is 0 Å². The van der Waals surface area contributed by atoms with Crippen LogP contribution in [0.4, 0.5) is 4.39 Å². The molecular weight excluding hydrogens is 265 g/mol. The van der Waals surface area contributed by atoms with Gasteiger partial charge in [0.25, 0.3) is 0 Å². The minimum absolute atomic E-state index is 0.0296. The summed E-state index contributed by atoms with van der Waals surface area (Å²) in [5.41, 5.74) is 1.59. The van der Waals surface area contributed by atoms with Gasteiger partial charge in [-0.25, -0.2) is 4.39 Å². The molecule has 1 atom stereocenters. The van der Waals surface area contributed by atoms with Gasteiger partial charge in [0.15, 0.2) is 0 Å². The van der Waals surface area contributed by atoms with Crippen molar-refractivity contribution in [3.05, 3.63) is 58.9 Å². The summed E-state index contributed by atoms with van der Waals surface area (Å²) in [6.45, 7) is 2.80. The summed E-state index contributed by atoms with van der Waals surface area (Å²) < 4.78 is 13.4. The van der Waals surface area contributed by atoms with Crippen molar-refractivity contribution < 1.29 is 4.39 Å². The molecule has 0 saturated heterocycles. The zero-order valence-corrected chi connectivity index (χ0v) is 11.4. The minimum Gasteiger partial charge on any atom is -0.309 e. The fourth-order valence-electron chi connectivity index (χ4n) is 1.94. The summed E-state index contributed by atoms with van der Waals surface area (Å²) in [7, 11) is 0. The molecule has 1 aromatic carbocycles. The van der Waals surface area contributed by atoms with Crippen molar-refractivity contribution in [1.29, 1.82) is 0 Å². The lowest BCUT2D eigenvalue weighted by molar-refractivity contribution is 0.532. The molecule has 19 heavy (non-hydrogen) atoms. The van der Waals surface area contributed by atoms with Crippen LogP contribution < -0.4 is 5.32 Å². The predicted molar refractivity (Wildman–Crippen MR) is 73.6 cm³/mol. The molecule has 1 N–H and O–H groups in total. The Hall–Kier alpha value is -1.52. The van der Waals surface area contributed by atoms with Crippen LogP contribution in [0.2, 0.25) is 5.02 Å². The quantitative estimate of drug-likeness (QED) is 0.914. The zero-order valence-electron chi connectivity index (χ0n) is 10.6. The van der Waals surface area contributed by atoms with E-state index in [-0.39, 0.29) is 11.1 Å². The number of nitrogens with one attached hydrogen (secondary N) is 1.